The zero-order valence-corrected chi connectivity index (χ0v) is 19.9. The summed E-state index contributed by atoms with van der Waals surface area (Å²) in [6, 6.07) is 16.2. The first-order valence-electron chi connectivity index (χ1n) is 10.7. The van der Waals surface area contributed by atoms with Gasteiger partial charge >= 0.3 is 0 Å². The lowest BCUT2D eigenvalue weighted by atomic mass is 10.2. The molecule has 0 spiro atoms. The van der Waals surface area contributed by atoms with Crippen LogP contribution in [0.2, 0.25) is 0 Å². The van der Waals surface area contributed by atoms with E-state index in [2.05, 4.69) is 17.1 Å². The number of benzene rings is 2. The number of piperazine rings is 1. The number of hydrogen-bond acceptors (Lipinski definition) is 6. The fourth-order valence-electron chi connectivity index (χ4n) is 3.34. The summed E-state index contributed by atoms with van der Waals surface area (Å²) >= 11 is 0. The minimum absolute atomic E-state index is 0.0446. The molecule has 1 aliphatic heterocycles. The molecule has 1 saturated heterocycles. The van der Waals surface area contributed by atoms with Crippen LogP contribution in [0.15, 0.2) is 65.6 Å². The zero-order valence-electron chi connectivity index (χ0n) is 18.3. The third kappa shape index (κ3) is 6.90. The van der Waals surface area contributed by atoms with E-state index in [4.69, 9.17) is 4.74 Å². The molecule has 32 heavy (non-hydrogen) atoms. The van der Waals surface area contributed by atoms with E-state index in [0.29, 0.717) is 31.9 Å². The van der Waals surface area contributed by atoms with E-state index in [1.54, 1.807) is 19.1 Å². The first-order chi connectivity index (χ1) is 15.3. The second-order valence-corrected chi connectivity index (χ2v) is 12.0. The van der Waals surface area contributed by atoms with E-state index in [1.165, 1.54) is 16.4 Å². The van der Waals surface area contributed by atoms with Crippen molar-refractivity contribution in [3.8, 4) is 5.75 Å². The highest BCUT2D eigenvalue weighted by atomic mass is 32.2. The third-order valence-corrected chi connectivity index (χ3v) is 8.95. The first-order valence-corrected chi connectivity index (χ1v) is 13.9. The molecule has 0 N–H and O–H groups in total. The molecule has 0 saturated carbocycles. The SMILES string of the molecule is CCS(=O)(=O)CCOc1ccc(S(=O)(=O)N2CCN(C/C=C/c3ccccc3)CC2)cc1. The predicted molar refractivity (Wildman–Crippen MR) is 127 cm³/mol. The van der Waals surface area contributed by atoms with E-state index in [1.807, 2.05) is 30.3 Å². The van der Waals surface area contributed by atoms with Crippen LogP contribution in [0.3, 0.4) is 0 Å². The minimum atomic E-state index is -3.58. The van der Waals surface area contributed by atoms with Gasteiger partial charge in [-0.25, -0.2) is 16.8 Å². The van der Waals surface area contributed by atoms with Gasteiger partial charge in [-0.2, -0.15) is 4.31 Å². The smallest absolute Gasteiger partial charge is 0.243 e. The molecule has 0 atom stereocenters. The fourth-order valence-corrected chi connectivity index (χ4v) is 5.39. The van der Waals surface area contributed by atoms with E-state index in [9.17, 15) is 16.8 Å². The van der Waals surface area contributed by atoms with Crippen LogP contribution in [0.4, 0.5) is 0 Å². The maximum absolute atomic E-state index is 13.0. The average molecular weight is 479 g/mol. The standard InChI is InChI=1S/C23H30N2O5S2/c1-2-31(26,27)20-19-30-22-10-12-23(13-11-22)32(28,29)25-17-15-24(16-18-25)14-6-9-21-7-4-3-5-8-21/h3-13H,2,14-20H2,1H3/b9-6+. The molecular weight excluding hydrogens is 448 g/mol. The van der Waals surface area contributed by atoms with Gasteiger partial charge < -0.3 is 4.74 Å². The molecule has 9 heteroatoms. The lowest BCUT2D eigenvalue weighted by Gasteiger charge is -2.33. The topological polar surface area (TPSA) is 84.0 Å². The minimum Gasteiger partial charge on any atom is -0.493 e. The van der Waals surface area contributed by atoms with E-state index < -0.39 is 19.9 Å². The average Bonchev–Trinajstić information content (AvgIpc) is 2.80. The van der Waals surface area contributed by atoms with E-state index >= 15 is 0 Å². The highest BCUT2D eigenvalue weighted by Gasteiger charge is 2.28. The fraction of sp³-hybridized carbons (Fsp3) is 0.391. The summed E-state index contributed by atoms with van der Waals surface area (Å²) in [5, 5.41) is 0. The van der Waals surface area contributed by atoms with Crippen LogP contribution in [-0.2, 0) is 19.9 Å². The molecule has 1 aliphatic rings. The van der Waals surface area contributed by atoms with Crippen molar-refractivity contribution in [1.82, 2.24) is 9.21 Å². The van der Waals surface area contributed by atoms with Crippen LogP contribution >= 0.6 is 0 Å². The van der Waals surface area contributed by atoms with Gasteiger partial charge in [-0.1, -0.05) is 49.4 Å². The molecule has 3 rings (SSSR count). The summed E-state index contributed by atoms with van der Waals surface area (Å²) in [4.78, 5) is 2.44. The Balaban J connectivity index is 1.49. The first kappa shape index (κ1) is 24.4. The second-order valence-electron chi connectivity index (χ2n) is 7.57. The van der Waals surface area contributed by atoms with Gasteiger partial charge in [-0.05, 0) is 29.8 Å². The van der Waals surface area contributed by atoms with Crippen LogP contribution in [0.1, 0.15) is 12.5 Å². The lowest BCUT2D eigenvalue weighted by Crippen LogP contribution is -2.48. The van der Waals surface area contributed by atoms with Gasteiger partial charge in [-0.15, -0.1) is 0 Å². The van der Waals surface area contributed by atoms with Crippen LogP contribution in [0.25, 0.3) is 6.08 Å². The van der Waals surface area contributed by atoms with Crippen molar-refractivity contribution in [3.63, 3.8) is 0 Å². The highest BCUT2D eigenvalue weighted by Crippen LogP contribution is 2.21. The Morgan fingerprint density at radius 2 is 1.56 bits per heavy atom. The van der Waals surface area contributed by atoms with Crippen molar-refractivity contribution < 1.29 is 21.6 Å². The Morgan fingerprint density at radius 1 is 0.906 bits per heavy atom. The zero-order chi connectivity index (χ0) is 23.0. The van der Waals surface area contributed by atoms with Crippen molar-refractivity contribution in [3.05, 3.63) is 66.2 Å². The molecule has 0 bridgehead atoms. The number of ether oxygens (including phenoxy) is 1. The molecule has 0 amide bonds. The predicted octanol–water partition coefficient (Wildman–Crippen LogP) is 2.52. The molecule has 1 heterocycles. The lowest BCUT2D eigenvalue weighted by molar-refractivity contribution is 0.204. The second kappa shape index (κ2) is 11.1. The summed E-state index contributed by atoms with van der Waals surface area (Å²) in [5.74, 6) is 0.462. The van der Waals surface area contributed by atoms with Crippen molar-refractivity contribution in [1.29, 1.82) is 0 Å². The maximum Gasteiger partial charge on any atom is 0.243 e. The van der Waals surface area contributed by atoms with Gasteiger partial charge in [0, 0.05) is 38.5 Å². The van der Waals surface area contributed by atoms with Crippen molar-refractivity contribution in [2.45, 2.75) is 11.8 Å². The summed E-state index contributed by atoms with van der Waals surface area (Å²) in [7, 11) is -6.67. The molecule has 0 radical (unpaired) electrons. The van der Waals surface area contributed by atoms with Crippen LogP contribution in [-0.4, -0.2) is 76.9 Å². The molecule has 0 aliphatic carbocycles. The number of hydrogen-bond donors (Lipinski definition) is 0. The monoisotopic (exact) mass is 478 g/mol. The van der Waals surface area contributed by atoms with E-state index in [-0.39, 0.29) is 23.0 Å². The van der Waals surface area contributed by atoms with E-state index in [0.717, 1.165) is 12.1 Å². The Bertz CT molecular complexity index is 1090. The van der Waals surface area contributed by atoms with Crippen molar-refractivity contribution in [2.75, 3.05) is 50.8 Å². The summed E-state index contributed by atoms with van der Waals surface area (Å²) in [6.07, 6.45) is 4.17. The molecule has 2 aromatic carbocycles. The Morgan fingerprint density at radius 3 is 2.19 bits per heavy atom. The molecule has 7 nitrogen and oxygen atoms in total. The molecule has 2 aromatic rings. The van der Waals surface area contributed by atoms with Gasteiger partial charge in [0.25, 0.3) is 0 Å². The van der Waals surface area contributed by atoms with Gasteiger partial charge in [0.1, 0.15) is 12.4 Å². The van der Waals surface area contributed by atoms with Crippen LogP contribution in [0, 0.1) is 0 Å². The summed E-state index contributed by atoms with van der Waals surface area (Å²) in [5.41, 5.74) is 1.15. The molecule has 174 valence electrons. The van der Waals surface area contributed by atoms with Gasteiger partial charge in [0.2, 0.25) is 10.0 Å². The Kier molecular flexibility index (Phi) is 8.47. The van der Waals surface area contributed by atoms with Gasteiger partial charge in [-0.3, -0.25) is 4.90 Å². The summed E-state index contributed by atoms with van der Waals surface area (Å²) < 4.78 is 55.9. The van der Waals surface area contributed by atoms with Crippen LogP contribution < -0.4 is 4.74 Å². The Labute approximate surface area is 191 Å². The molecule has 0 aromatic heterocycles. The number of sulfone groups is 1. The maximum atomic E-state index is 13.0. The molecule has 0 unspecified atom stereocenters. The van der Waals surface area contributed by atoms with Gasteiger partial charge in [0.05, 0.1) is 10.6 Å². The largest absolute Gasteiger partial charge is 0.493 e. The highest BCUT2D eigenvalue weighted by molar-refractivity contribution is 7.91. The third-order valence-electron chi connectivity index (χ3n) is 5.37. The summed E-state index contributed by atoms with van der Waals surface area (Å²) in [6.45, 7) is 4.64. The van der Waals surface area contributed by atoms with Crippen molar-refractivity contribution >= 4 is 25.9 Å². The Hall–Kier alpha value is -2.20. The number of sulfonamides is 1. The number of nitrogens with zero attached hydrogens (tertiary/aromatic N) is 2. The van der Waals surface area contributed by atoms with Crippen molar-refractivity contribution in [2.24, 2.45) is 0 Å². The quantitative estimate of drug-likeness (QED) is 0.522. The van der Waals surface area contributed by atoms with Crippen LogP contribution in [0.5, 0.6) is 5.75 Å². The normalized spacial score (nSPS) is 16.4. The molecular formula is C23H30N2O5S2. The number of rotatable bonds is 10. The molecule has 1 fully saturated rings. The van der Waals surface area contributed by atoms with Gasteiger partial charge in [0.15, 0.2) is 9.84 Å².